The number of benzene rings is 1. The van der Waals surface area contributed by atoms with Crippen LogP contribution in [0.1, 0.15) is 39.9 Å². The fraction of sp³-hybridized carbons (Fsp3) is 0.500. The van der Waals surface area contributed by atoms with Crippen LogP contribution in [0.25, 0.3) is 10.4 Å². The summed E-state index contributed by atoms with van der Waals surface area (Å²) in [4.78, 5) is 14.8. The number of unbranched alkanes of at least 4 members (excludes halogenated alkanes) is 1. The monoisotopic (exact) mass is 260 g/mol. The minimum atomic E-state index is -0.0289. The predicted molar refractivity (Wildman–Crippen MR) is 76.2 cm³/mol. The summed E-state index contributed by atoms with van der Waals surface area (Å²) in [6.45, 7) is 7.02. The van der Waals surface area contributed by atoms with Crippen molar-refractivity contribution >= 4 is 5.91 Å². The molecule has 0 saturated carbocycles. The van der Waals surface area contributed by atoms with Gasteiger partial charge in [0, 0.05) is 23.6 Å². The van der Waals surface area contributed by atoms with E-state index in [0.29, 0.717) is 13.1 Å². The lowest BCUT2D eigenvalue weighted by Crippen LogP contribution is -2.26. The van der Waals surface area contributed by atoms with Crippen LogP contribution in [-0.4, -0.2) is 19.0 Å². The van der Waals surface area contributed by atoms with Crippen molar-refractivity contribution in [3.63, 3.8) is 0 Å². The fourth-order valence-corrected chi connectivity index (χ4v) is 2.18. The highest BCUT2D eigenvalue weighted by Gasteiger charge is 2.11. The minimum Gasteiger partial charge on any atom is -0.352 e. The number of carbonyl (C=O) groups is 1. The molecule has 0 aliphatic heterocycles. The standard InChI is InChI=1S/C14H20N4O/c1-10-8-11(2)13(12(3)9-10)14(19)16-6-4-5-7-17-18-15/h8-9H,4-7H2,1-3H3,(H,16,19). The molecule has 0 aliphatic carbocycles. The molecule has 1 N–H and O–H groups in total. The number of amides is 1. The van der Waals surface area contributed by atoms with Gasteiger partial charge in [0.15, 0.2) is 0 Å². The van der Waals surface area contributed by atoms with Crippen LogP contribution in [0.4, 0.5) is 0 Å². The molecule has 5 nitrogen and oxygen atoms in total. The molecule has 1 aromatic rings. The zero-order valence-corrected chi connectivity index (χ0v) is 11.7. The lowest BCUT2D eigenvalue weighted by Gasteiger charge is -2.11. The Balaban J connectivity index is 2.52. The third-order valence-corrected chi connectivity index (χ3v) is 2.94. The average Bonchev–Trinajstić information content (AvgIpc) is 2.32. The molecule has 1 rings (SSSR count). The van der Waals surface area contributed by atoms with Gasteiger partial charge in [-0.3, -0.25) is 4.79 Å². The summed E-state index contributed by atoms with van der Waals surface area (Å²) in [5.41, 5.74) is 12.1. The molecule has 1 amide bonds. The second-order valence-corrected chi connectivity index (χ2v) is 4.69. The first-order chi connectivity index (χ1) is 9.06. The van der Waals surface area contributed by atoms with Gasteiger partial charge in [-0.25, -0.2) is 0 Å². The highest BCUT2D eigenvalue weighted by Crippen LogP contribution is 2.16. The lowest BCUT2D eigenvalue weighted by molar-refractivity contribution is 0.0952. The molecular formula is C14H20N4O. The van der Waals surface area contributed by atoms with Crippen molar-refractivity contribution in [2.75, 3.05) is 13.1 Å². The van der Waals surface area contributed by atoms with Crippen molar-refractivity contribution in [2.45, 2.75) is 33.6 Å². The molecule has 0 aliphatic rings. The van der Waals surface area contributed by atoms with Gasteiger partial charge in [-0.1, -0.05) is 22.8 Å². The van der Waals surface area contributed by atoms with Gasteiger partial charge in [0.05, 0.1) is 0 Å². The van der Waals surface area contributed by atoms with Crippen LogP contribution in [0.3, 0.4) is 0 Å². The Morgan fingerprint density at radius 3 is 2.47 bits per heavy atom. The third kappa shape index (κ3) is 4.64. The van der Waals surface area contributed by atoms with Crippen LogP contribution in [0, 0.1) is 20.8 Å². The maximum absolute atomic E-state index is 12.1. The van der Waals surface area contributed by atoms with E-state index in [4.69, 9.17) is 5.53 Å². The van der Waals surface area contributed by atoms with Gasteiger partial charge in [0.25, 0.3) is 5.91 Å². The van der Waals surface area contributed by atoms with E-state index < -0.39 is 0 Å². The second kappa shape index (κ2) is 7.44. The van der Waals surface area contributed by atoms with Gasteiger partial charge in [-0.15, -0.1) is 0 Å². The Kier molecular flexibility index (Phi) is 5.90. The van der Waals surface area contributed by atoms with Crippen LogP contribution >= 0.6 is 0 Å². The van der Waals surface area contributed by atoms with E-state index in [1.54, 1.807) is 0 Å². The fourth-order valence-electron chi connectivity index (χ4n) is 2.18. The minimum absolute atomic E-state index is 0.0289. The van der Waals surface area contributed by atoms with E-state index in [2.05, 4.69) is 15.3 Å². The van der Waals surface area contributed by atoms with Crippen molar-refractivity contribution in [1.29, 1.82) is 0 Å². The highest BCUT2D eigenvalue weighted by atomic mass is 16.1. The lowest BCUT2D eigenvalue weighted by atomic mass is 9.99. The first kappa shape index (κ1) is 15.1. The molecule has 0 unspecified atom stereocenters. The largest absolute Gasteiger partial charge is 0.352 e. The number of nitrogens with one attached hydrogen (secondary N) is 1. The molecule has 0 saturated heterocycles. The summed E-state index contributed by atoms with van der Waals surface area (Å²) in [5, 5.41) is 6.36. The summed E-state index contributed by atoms with van der Waals surface area (Å²) in [6, 6.07) is 4.03. The number of rotatable bonds is 6. The normalized spacial score (nSPS) is 9.84. The van der Waals surface area contributed by atoms with Gasteiger partial charge < -0.3 is 5.32 Å². The molecule has 19 heavy (non-hydrogen) atoms. The molecule has 0 spiro atoms. The Morgan fingerprint density at radius 1 is 1.26 bits per heavy atom. The van der Waals surface area contributed by atoms with E-state index in [1.807, 2.05) is 32.9 Å². The average molecular weight is 260 g/mol. The van der Waals surface area contributed by atoms with E-state index in [0.717, 1.165) is 29.5 Å². The molecule has 0 heterocycles. The van der Waals surface area contributed by atoms with Crippen molar-refractivity contribution in [3.8, 4) is 0 Å². The van der Waals surface area contributed by atoms with Crippen LogP contribution in [-0.2, 0) is 0 Å². The molecular weight excluding hydrogens is 240 g/mol. The summed E-state index contributed by atoms with van der Waals surface area (Å²) in [6.07, 6.45) is 1.60. The van der Waals surface area contributed by atoms with Gasteiger partial charge in [-0.2, -0.15) is 0 Å². The Bertz CT molecular complexity index is 481. The number of hydrogen-bond acceptors (Lipinski definition) is 2. The summed E-state index contributed by atoms with van der Waals surface area (Å²) in [7, 11) is 0. The Labute approximate surface area is 113 Å². The van der Waals surface area contributed by atoms with Crippen LogP contribution in [0.2, 0.25) is 0 Å². The maximum atomic E-state index is 12.1. The SMILES string of the molecule is Cc1cc(C)c(C(=O)NCCCCN=[N+]=[N-])c(C)c1. The van der Waals surface area contributed by atoms with Gasteiger partial charge in [-0.05, 0) is 50.3 Å². The van der Waals surface area contributed by atoms with Crippen LogP contribution < -0.4 is 5.32 Å². The summed E-state index contributed by atoms with van der Waals surface area (Å²) in [5.74, 6) is -0.0289. The first-order valence-corrected chi connectivity index (χ1v) is 6.43. The Morgan fingerprint density at radius 2 is 1.89 bits per heavy atom. The zero-order chi connectivity index (χ0) is 14.3. The zero-order valence-electron chi connectivity index (χ0n) is 11.7. The van der Waals surface area contributed by atoms with Crippen molar-refractivity contribution in [3.05, 3.63) is 44.8 Å². The van der Waals surface area contributed by atoms with E-state index in [-0.39, 0.29) is 5.91 Å². The van der Waals surface area contributed by atoms with E-state index >= 15 is 0 Å². The van der Waals surface area contributed by atoms with Gasteiger partial charge in [0.1, 0.15) is 0 Å². The number of azide groups is 1. The Hall–Kier alpha value is -2.00. The summed E-state index contributed by atoms with van der Waals surface area (Å²) >= 11 is 0. The number of carbonyl (C=O) groups excluding carboxylic acids is 1. The maximum Gasteiger partial charge on any atom is 0.251 e. The molecule has 1 aromatic carbocycles. The smallest absolute Gasteiger partial charge is 0.251 e. The summed E-state index contributed by atoms with van der Waals surface area (Å²) < 4.78 is 0. The molecule has 5 heteroatoms. The van der Waals surface area contributed by atoms with Gasteiger partial charge >= 0.3 is 0 Å². The number of hydrogen-bond donors (Lipinski definition) is 1. The van der Waals surface area contributed by atoms with Crippen molar-refractivity contribution < 1.29 is 4.79 Å². The van der Waals surface area contributed by atoms with Crippen molar-refractivity contribution in [1.82, 2.24) is 5.32 Å². The van der Waals surface area contributed by atoms with E-state index in [9.17, 15) is 4.79 Å². The van der Waals surface area contributed by atoms with Gasteiger partial charge in [0.2, 0.25) is 0 Å². The number of nitrogens with zero attached hydrogens (tertiary/aromatic N) is 3. The number of aryl methyl sites for hydroxylation is 3. The quantitative estimate of drug-likeness (QED) is 0.361. The van der Waals surface area contributed by atoms with Crippen molar-refractivity contribution in [2.24, 2.45) is 5.11 Å². The molecule has 0 aromatic heterocycles. The van der Waals surface area contributed by atoms with Crippen LogP contribution in [0.5, 0.6) is 0 Å². The third-order valence-electron chi connectivity index (χ3n) is 2.94. The first-order valence-electron chi connectivity index (χ1n) is 6.43. The van der Waals surface area contributed by atoms with E-state index in [1.165, 1.54) is 5.56 Å². The predicted octanol–water partition coefficient (Wildman–Crippen LogP) is 3.43. The molecule has 0 atom stereocenters. The second-order valence-electron chi connectivity index (χ2n) is 4.69. The molecule has 102 valence electrons. The topological polar surface area (TPSA) is 77.9 Å². The highest BCUT2D eigenvalue weighted by molar-refractivity contribution is 5.97. The molecule has 0 fully saturated rings. The molecule has 0 radical (unpaired) electrons. The van der Waals surface area contributed by atoms with Crippen LogP contribution in [0.15, 0.2) is 17.2 Å². The molecule has 0 bridgehead atoms.